The third-order valence-corrected chi connectivity index (χ3v) is 4.02. The van der Waals surface area contributed by atoms with E-state index in [1.807, 2.05) is 32.0 Å². The molecule has 30 heavy (non-hydrogen) atoms. The van der Waals surface area contributed by atoms with Gasteiger partial charge in [-0.15, -0.1) is 0 Å². The molecule has 0 saturated heterocycles. The molecule has 0 saturated carbocycles. The first-order valence-corrected chi connectivity index (χ1v) is 8.70. The Balaban J connectivity index is 1.79. The average molecular weight is 422 g/mol. The number of aromatic nitrogens is 4. The molecule has 0 unspecified atom stereocenters. The van der Waals surface area contributed by atoms with Gasteiger partial charge in [0.2, 0.25) is 5.91 Å². The highest BCUT2D eigenvalue weighted by atomic mass is 19.4. The van der Waals surface area contributed by atoms with Gasteiger partial charge in [0.15, 0.2) is 5.65 Å². The van der Waals surface area contributed by atoms with Crippen LogP contribution < -0.4 is 16.2 Å². The number of benzene rings is 1. The molecule has 0 radical (unpaired) electrons. The van der Waals surface area contributed by atoms with Crippen molar-refractivity contribution >= 4 is 23.0 Å². The number of amides is 3. The lowest BCUT2D eigenvalue weighted by atomic mass is 10.1. The van der Waals surface area contributed by atoms with E-state index < -0.39 is 36.8 Å². The fraction of sp³-hybridized carbons (Fsp3) is 0.278. The molecule has 0 aliphatic heterocycles. The van der Waals surface area contributed by atoms with E-state index in [4.69, 9.17) is 0 Å². The van der Waals surface area contributed by atoms with Gasteiger partial charge in [-0.1, -0.05) is 6.07 Å². The molecule has 9 nitrogen and oxygen atoms in total. The zero-order chi connectivity index (χ0) is 22.1. The van der Waals surface area contributed by atoms with Crippen molar-refractivity contribution in [3.05, 3.63) is 52.2 Å². The summed E-state index contributed by atoms with van der Waals surface area (Å²) in [7, 11) is 0. The van der Waals surface area contributed by atoms with Gasteiger partial charge < -0.3 is 5.32 Å². The van der Waals surface area contributed by atoms with Crippen molar-refractivity contribution in [2.75, 3.05) is 6.54 Å². The first-order valence-electron chi connectivity index (χ1n) is 8.70. The summed E-state index contributed by atoms with van der Waals surface area (Å²) >= 11 is 0. The van der Waals surface area contributed by atoms with E-state index in [1.165, 1.54) is 16.2 Å². The van der Waals surface area contributed by atoms with Crippen LogP contribution in [-0.4, -0.2) is 44.0 Å². The van der Waals surface area contributed by atoms with Gasteiger partial charge in [0.1, 0.15) is 24.8 Å². The summed E-state index contributed by atoms with van der Waals surface area (Å²) in [5, 5.41) is 7.56. The molecule has 0 bridgehead atoms. The summed E-state index contributed by atoms with van der Waals surface area (Å²) in [6, 6.07) is 4.42. The minimum absolute atomic E-state index is 0.144. The Morgan fingerprint density at radius 2 is 1.80 bits per heavy atom. The van der Waals surface area contributed by atoms with Crippen LogP contribution in [0.25, 0.3) is 16.7 Å². The zero-order valence-electron chi connectivity index (χ0n) is 15.9. The lowest BCUT2D eigenvalue weighted by Gasteiger charge is -2.10. The predicted octanol–water partition coefficient (Wildman–Crippen LogP) is 1.59. The molecule has 0 aliphatic carbocycles. The van der Waals surface area contributed by atoms with Crippen molar-refractivity contribution in [2.24, 2.45) is 0 Å². The maximum absolute atomic E-state index is 12.6. The van der Waals surface area contributed by atoms with Crippen LogP contribution in [0, 0.1) is 13.8 Å². The Kier molecular flexibility index (Phi) is 5.58. The highest BCUT2D eigenvalue weighted by Crippen LogP contribution is 2.17. The van der Waals surface area contributed by atoms with Crippen LogP contribution in [-0.2, 0) is 11.3 Å². The average Bonchev–Trinajstić information content (AvgIpc) is 3.06. The second-order valence-electron chi connectivity index (χ2n) is 6.66. The fourth-order valence-electron chi connectivity index (χ4n) is 2.87. The van der Waals surface area contributed by atoms with Crippen molar-refractivity contribution in [2.45, 2.75) is 26.6 Å². The molecule has 0 atom stereocenters. The number of imide groups is 1. The van der Waals surface area contributed by atoms with Crippen molar-refractivity contribution < 1.29 is 22.8 Å². The highest BCUT2D eigenvalue weighted by molar-refractivity contribution is 5.94. The number of nitrogens with zero attached hydrogens (tertiary/aromatic N) is 4. The summed E-state index contributed by atoms with van der Waals surface area (Å²) in [5.41, 5.74) is 2.42. The summed E-state index contributed by atoms with van der Waals surface area (Å²) in [5.74, 6) is -0.973. The third-order valence-electron chi connectivity index (χ3n) is 4.02. The van der Waals surface area contributed by atoms with Crippen LogP contribution in [0.3, 0.4) is 0 Å². The Morgan fingerprint density at radius 1 is 1.13 bits per heavy atom. The highest BCUT2D eigenvalue weighted by Gasteiger charge is 2.28. The molecule has 158 valence electrons. The molecular formula is C18H17F3N6O3. The van der Waals surface area contributed by atoms with Gasteiger partial charge in [-0.25, -0.2) is 14.5 Å². The van der Waals surface area contributed by atoms with E-state index in [9.17, 15) is 27.6 Å². The lowest BCUT2D eigenvalue weighted by molar-refractivity contribution is -0.124. The largest absolute Gasteiger partial charge is 0.405 e. The number of hydrogen-bond donors (Lipinski definition) is 2. The van der Waals surface area contributed by atoms with Gasteiger partial charge in [0.05, 0.1) is 11.9 Å². The Labute approximate surface area is 167 Å². The lowest BCUT2D eigenvalue weighted by Crippen LogP contribution is -2.45. The van der Waals surface area contributed by atoms with E-state index in [-0.39, 0.29) is 11.0 Å². The summed E-state index contributed by atoms with van der Waals surface area (Å²) in [6.07, 6.45) is -2.19. The molecule has 3 amide bonds. The van der Waals surface area contributed by atoms with Crippen LogP contribution >= 0.6 is 0 Å². The molecule has 2 aromatic heterocycles. The number of aryl methyl sites for hydroxylation is 2. The predicted molar refractivity (Wildman–Crippen MR) is 100 cm³/mol. The number of hydrogen-bond acceptors (Lipinski definition) is 5. The van der Waals surface area contributed by atoms with Gasteiger partial charge in [0, 0.05) is 0 Å². The number of alkyl halides is 3. The van der Waals surface area contributed by atoms with Crippen LogP contribution in [0.5, 0.6) is 0 Å². The van der Waals surface area contributed by atoms with Gasteiger partial charge >= 0.3 is 12.2 Å². The Hall–Kier alpha value is -3.70. The van der Waals surface area contributed by atoms with Gasteiger partial charge in [-0.3, -0.25) is 19.5 Å². The molecule has 2 N–H and O–H groups in total. The molecular weight excluding hydrogens is 405 g/mol. The first-order chi connectivity index (χ1) is 14.0. The minimum Gasteiger partial charge on any atom is -0.329 e. The monoisotopic (exact) mass is 422 g/mol. The number of carbonyl (C=O) groups is 2. The molecule has 2 heterocycles. The summed E-state index contributed by atoms with van der Waals surface area (Å²) in [4.78, 5) is 40.0. The van der Waals surface area contributed by atoms with Crippen LogP contribution in [0.2, 0.25) is 0 Å². The Bertz CT molecular complexity index is 1160. The van der Waals surface area contributed by atoms with Crippen LogP contribution in [0.1, 0.15) is 11.1 Å². The number of nitrogens with one attached hydrogen (secondary N) is 2. The zero-order valence-corrected chi connectivity index (χ0v) is 15.9. The second-order valence-corrected chi connectivity index (χ2v) is 6.66. The maximum Gasteiger partial charge on any atom is 0.405 e. The smallest absolute Gasteiger partial charge is 0.329 e. The number of rotatable bonds is 4. The number of halogens is 3. The molecule has 3 aromatic rings. The molecule has 1 aromatic carbocycles. The SMILES string of the molecule is Cc1cc(C)cc(-n2ncc3c(=O)n(CC(=O)NC(=O)NCC(F)(F)F)cnc32)c1. The minimum atomic E-state index is -4.61. The van der Waals surface area contributed by atoms with Crippen molar-refractivity contribution in [3.63, 3.8) is 0 Å². The Morgan fingerprint density at radius 3 is 2.43 bits per heavy atom. The van der Waals surface area contributed by atoms with E-state index in [2.05, 4.69) is 10.1 Å². The van der Waals surface area contributed by atoms with E-state index >= 15 is 0 Å². The standard InChI is InChI=1S/C18H17F3N6O3/c1-10-3-11(2)5-12(4-10)27-15-13(6-24-27)16(29)26(9-23-15)7-14(28)25-17(30)22-8-18(19,20)21/h3-6,9H,7-8H2,1-2H3,(H2,22,25,28,30). The number of urea groups is 1. The molecule has 0 aliphatic rings. The molecule has 3 rings (SSSR count). The van der Waals surface area contributed by atoms with Gasteiger partial charge in [-0.2, -0.15) is 18.3 Å². The van der Waals surface area contributed by atoms with E-state index in [0.717, 1.165) is 22.0 Å². The fourth-order valence-corrected chi connectivity index (χ4v) is 2.87. The normalized spacial score (nSPS) is 11.5. The van der Waals surface area contributed by atoms with Crippen LogP contribution in [0.4, 0.5) is 18.0 Å². The van der Waals surface area contributed by atoms with E-state index in [1.54, 1.807) is 5.32 Å². The quantitative estimate of drug-likeness (QED) is 0.663. The number of carbonyl (C=O) groups excluding carboxylic acids is 2. The molecule has 0 fully saturated rings. The van der Waals surface area contributed by atoms with Gasteiger partial charge in [0.25, 0.3) is 5.56 Å². The number of fused-ring (bicyclic) bond motifs is 1. The van der Waals surface area contributed by atoms with Crippen molar-refractivity contribution in [1.29, 1.82) is 0 Å². The second kappa shape index (κ2) is 7.97. The summed E-state index contributed by atoms with van der Waals surface area (Å²) in [6.45, 7) is 1.66. The van der Waals surface area contributed by atoms with E-state index in [0.29, 0.717) is 5.69 Å². The maximum atomic E-state index is 12.6. The third kappa shape index (κ3) is 4.82. The molecule has 12 heteroatoms. The topological polar surface area (TPSA) is 111 Å². The van der Waals surface area contributed by atoms with Crippen LogP contribution in [0.15, 0.2) is 35.5 Å². The first kappa shape index (κ1) is 21.0. The molecule has 0 spiro atoms. The summed E-state index contributed by atoms with van der Waals surface area (Å²) < 4.78 is 38.7. The van der Waals surface area contributed by atoms with Crippen molar-refractivity contribution in [3.8, 4) is 5.69 Å². The van der Waals surface area contributed by atoms with Crippen molar-refractivity contribution in [1.82, 2.24) is 30.0 Å². The van der Waals surface area contributed by atoms with Gasteiger partial charge in [-0.05, 0) is 37.1 Å².